The zero-order valence-corrected chi connectivity index (χ0v) is 10.7. The monoisotopic (exact) mass is 291 g/mol. The number of hydrogen-bond donors (Lipinski definition) is 1. The van der Waals surface area contributed by atoms with Crippen LogP contribution in [0.4, 0.5) is 4.39 Å². The molecule has 0 atom stereocenters. The van der Waals surface area contributed by atoms with Gasteiger partial charge in [0.15, 0.2) is 0 Å². The Hall–Kier alpha value is -2.58. The summed E-state index contributed by atoms with van der Waals surface area (Å²) in [4.78, 5) is 11.1. The SMILES string of the molecule is N#Cc1c(F)cccc1Oc1cc(Cl)ccc1C(=O)O. The van der Waals surface area contributed by atoms with Crippen LogP contribution in [0.25, 0.3) is 0 Å². The molecule has 100 valence electrons. The first-order chi connectivity index (χ1) is 9.52. The van der Waals surface area contributed by atoms with E-state index in [-0.39, 0.29) is 27.6 Å². The van der Waals surface area contributed by atoms with Gasteiger partial charge in [-0.15, -0.1) is 0 Å². The third kappa shape index (κ3) is 2.71. The Kier molecular flexibility index (Phi) is 3.87. The lowest BCUT2D eigenvalue weighted by atomic mass is 10.2. The van der Waals surface area contributed by atoms with Gasteiger partial charge in [-0.25, -0.2) is 9.18 Å². The molecular weight excluding hydrogens is 285 g/mol. The molecule has 0 saturated carbocycles. The van der Waals surface area contributed by atoms with Crippen molar-refractivity contribution in [2.75, 3.05) is 0 Å². The minimum atomic E-state index is -1.22. The summed E-state index contributed by atoms with van der Waals surface area (Å²) >= 11 is 5.78. The summed E-state index contributed by atoms with van der Waals surface area (Å²) in [6, 6.07) is 9.46. The molecule has 1 N–H and O–H groups in total. The molecule has 2 aromatic rings. The van der Waals surface area contributed by atoms with Gasteiger partial charge in [0.05, 0.1) is 0 Å². The Labute approximate surface area is 118 Å². The molecule has 0 fully saturated rings. The summed E-state index contributed by atoms with van der Waals surface area (Å²) in [5.41, 5.74) is -0.439. The van der Waals surface area contributed by atoms with Gasteiger partial charge in [0.25, 0.3) is 0 Å². The van der Waals surface area contributed by atoms with Crippen molar-refractivity contribution in [1.82, 2.24) is 0 Å². The number of benzene rings is 2. The van der Waals surface area contributed by atoms with Gasteiger partial charge in [-0.05, 0) is 24.3 Å². The summed E-state index contributed by atoms with van der Waals surface area (Å²) in [7, 11) is 0. The molecule has 4 nitrogen and oxygen atoms in total. The summed E-state index contributed by atoms with van der Waals surface area (Å²) in [6.07, 6.45) is 0. The molecule has 0 aliphatic heterocycles. The number of carboxylic acid groups (broad SMARTS) is 1. The Balaban J connectivity index is 2.51. The van der Waals surface area contributed by atoms with Crippen LogP contribution in [0.15, 0.2) is 36.4 Å². The third-order valence-electron chi connectivity index (χ3n) is 2.48. The van der Waals surface area contributed by atoms with Gasteiger partial charge < -0.3 is 9.84 Å². The highest BCUT2D eigenvalue weighted by atomic mass is 35.5. The van der Waals surface area contributed by atoms with Crippen LogP contribution < -0.4 is 4.74 Å². The summed E-state index contributed by atoms with van der Waals surface area (Å²) in [5.74, 6) is -2.10. The maximum Gasteiger partial charge on any atom is 0.339 e. The zero-order valence-electron chi connectivity index (χ0n) is 9.93. The highest BCUT2D eigenvalue weighted by Crippen LogP contribution is 2.31. The molecule has 0 spiro atoms. The first kappa shape index (κ1) is 13.8. The van der Waals surface area contributed by atoms with E-state index in [0.29, 0.717) is 0 Å². The van der Waals surface area contributed by atoms with E-state index in [0.717, 1.165) is 6.07 Å². The second kappa shape index (κ2) is 5.59. The molecule has 0 radical (unpaired) electrons. The average molecular weight is 292 g/mol. The standard InChI is InChI=1S/C14H7ClFNO3/c15-8-4-5-9(14(18)19)13(6-8)20-12-3-1-2-11(16)10(12)7-17/h1-6H,(H,18,19). The Bertz CT molecular complexity index is 725. The van der Waals surface area contributed by atoms with E-state index in [1.165, 1.54) is 30.3 Å². The fraction of sp³-hybridized carbons (Fsp3) is 0. The van der Waals surface area contributed by atoms with E-state index in [9.17, 15) is 9.18 Å². The van der Waals surface area contributed by atoms with Crippen LogP contribution in [0, 0.1) is 17.1 Å². The smallest absolute Gasteiger partial charge is 0.339 e. The molecule has 20 heavy (non-hydrogen) atoms. The lowest BCUT2D eigenvalue weighted by Crippen LogP contribution is -2.01. The minimum absolute atomic E-state index is 0.0629. The molecule has 0 bridgehead atoms. The molecule has 0 aliphatic carbocycles. The topological polar surface area (TPSA) is 70.3 Å². The lowest BCUT2D eigenvalue weighted by molar-refractivity contribution is 0.0694. The Morgan fingerprint density at radius 3 is 2.70 bits per heavy atom. The largest absolute Gasteiger partial charge is 0.478 e. The van der Waals surface area contributed by atoms with Gasteiger partial charge in [-0.1, -0.05) is 17.7 Å². The quantitative estimate of drug-likeness (QED) is 0.932. The fourth-order valence-electron chi connectivity index (χ4n) is 1.57. The van der Waals surface area contributed by atoms with E-state index < -0.39 is 11.8 Å². The molecular formula is C14H7ClFNO3. The van der Waals surface area contributed by atoms with Crippen molar-refractivity contribution >= 4 is 17.6 Å². The summed E-state index contributed by atoms with van der Waals surface area (Å²) < 4.78 is 18.8. The minimum Gasteiger partial charge on any atom is -0.478 e. The number of carbonyl (C=O) groups is 1. The van der Waals surface area contributed by atoms with Crippen molar-refractivity contribution in [2.45, 2.75) is 0 Å². The van der Waals surface area contributed by atoms with Gasteiger partial charge in [0, 0.05) is 11.1 Å². The fourth-order valence-corrected chi connectivity index (χ4v) is 1.74. The third-order valence-corrected chi connectivity index (χ3v) is 2.72. The molecule has 0 heterocycles. The molecule has 2 aromatic carbocycles. The molecule has 0 saturated heterocycles. The van der Waals surface area contributed by atoms with E-state index in [1.54, 1.807) is 6.07 Å². The van der Waals surface area contributed by atoms with Crippen LogP contribution in [-0.4, -0.2) is 11.1 Å². The van der Waals surface area contributed by atoms with E-state index in [4.69, 9.17) is 26.7 Å². The number of nitriles is 1. The van der Waals surface area contributed by atoms with Crippen LogP contribution in [0.5, 0.6) is 11.5 Å². The van der Waals surface area contributed by atoms with Crippen molar-refractivity contribution in [1.29, 1.82) is 5.26 Å². The first-order valence-corrected chi connectivity index (χ1v) is 5.80. The van der Waals surface area contributed by atoms with Crippen LogP contribution in [0.3, 0.4) is 0 Å². The number of halogens is 2. The number of aromatic carboxylic acids is 1. The van der Waals surface area contributed by atoms with Gasteiger partial charge in [0.1, 0.15) is 34.5 Å². The molecule has 0 aromatic heterocycles. The number of ether oxygens (including phenoxy) is 1. The van der Waals surface area contributed by atoms with E-state index in [1.807, 2.05) is 0 Å². The summed E-state index contributed by atoms with van der Waals surface area (Å²) in [5, 5.41) is 18.2. The van der Waals surface area contributed by atoms with Crippen molar-refractivity contribution < 1.29 is 19.0 Å². The summed E-state index contributed by atoms with van der Waals surface area (Å²) in [6.45, 7) is 0. The van der Waals surface area contributed by atoms with Crippen molar-refractivity contribution in [3.8, 4) is 17.6 Å². The van der Waals surface area contributed by atoms with Crippen LogP contribution in [-0.2, 0) is 0 Å². The zero-order chi connectivity index (χ0) is 14.7. The van der Waals surface area contributed by atoms with Crippen LogP contribution in [0.2, 0.25) is 5.02 Å². The highest BCUT2D eigenvalue weighted by Gasteiger charge is 2.15. The molecule has 0 amide bonds. The van der Waals surface area contributed by atoms with Crippen molar-refractivity contribution in [3.63, 3.8) is 0 Å². The normalized spacial score (nSPS) is 9.85. The van der Waals surface area contributed by atoms with Gasteiger partial charge in [-0.3, -0.25) is 0 Å². The number of rotatable bonds is 3. The number of hydrogen-bond acceptors (Lipinski definition) is 3. The first-order valence-electron chi connectivity index (χ1n) is 5.42. The maximum absolute atomic E-state index is 13.4. The molecule has 2 rings (SSSR count). The average Bonchev–Trinajstić information content (AvgIpc) is 2.38. The second-order valence-electron chi connectivity index (χ2n) is 3.77. The van der Waals surface area contributed by atoms with Crippen LogP contribution in [0.1, 0.15) is 15.9 Å². The van der Waals surface area contributed by atoms with E-state index >= 15 is 0 Å². The molecule has 6 heteroatoms. The van der Waals surface area contributed by atoms with Gasteiger partial charge in [0.2, 0.25) is 0 Å². The highest BCUT2D eigenvalue weighted by molar-refractivity contribution is 6.30. The van der Waals surface area contributed by atoms with Gasteiger partial charge in [-0.2, -0.15) is 5.26 Å². The molecule has 0 unspecified atom stereocenters. The predicted octanol–water partition coefficient (Wildman–Crippen LogP) is 3.84. The Morgan fingerprint density at radius 1 is 1.30 bits per heavy atom. The van der Waals surface area contributed by atoms with E-state index in [2.05, 4.69) is 0 Å². The Morgan fingerprint density at radius 2 is 2.05 bits per heavy atom. The number of nitrogens with zero attached hydrogens (tertiary/aromatic N) is 1. The van der Waals surface area contributed by atoms with Crippen LogP contribution >= 0.6 is 11.6 Å². The van der Waals surface area contributed by atoms with Gasteiger partial charge >= 0.3 is 5.97 Å². The lowest BCUT2D eigenvalue weighted by Gasteiger charge is -2.10. The van der Waals surface area contributed by atoms with Crippen molar-refractivity contribution in [3.05, 3.63) is 58.4 Å². The molecule has 0 aliphatic rings. The number of carboxylic acids is 1. The van der Waals surface area contributed by atoms with Crippen molar-refractivity contribution in [2.24, 2.45) is 0 Å². The maximum atomic E-state index is 13.4. The second-order valence-corrected chi connectivity index (χ2v) is 4.21. The predicted molar refractivity (Wildman–Crippen MR) is 69.6 cm³/mol.